The number of likely N-dealkylation sites (tertiary alicyclic amines) is 1. The van der Waals surface area contributed by atoms with E-state index in [1.165, 1.54) is 0 Å². The van der Waals surface area contributed by atoms with Crippen LogP contribution in [0.3, 0.4) is 0 Å². The SMILES string of the molecule is CN(c1ncc(B2OC(C)(C)C(C)(C)O2)cn1)[C@H]1CCCN(C(=O)CCl)C1. The lowest BCUT2D eigenvalue weighted by Gasteiger charge is -2.37. The molecule has 0 N–H and O–H groups in total. The first-order valence-electron chi connectivity index (χ1n) is 9.39. The second-order valence-electron chi connectivity index (χ2n) is 8.28. The first kappa shape index (κ1) is 20.4. The van der Waals surface area contributed by atoms with Gasteiger partial charge >= 0.3 is 7.12 Å². The molecule has 1 atom stereocenters. The van der Waals surface area contributed by atoms with Crippen LogP contribution in [0.4, 0.5) is 5.95 Å². The van der Waals surface area contributed by atoms with Gasteiger partial charge in [0.2, 0.25) is 11.9 Å². The van der Waals surface area contributed by atoms with Crippen LogP contribution in [0.2, 0.25) is 0 Å². The van der Waals surface area contributed by atoms with Gasteiger partial charge in [0.25, 0.3) is 0 Å². The van der Waals surface area contributed by atoms with Crippen LogP contribution in [-0.2, 0) is 14.1 Å². The zero-order valence-electron chi connectivity index (χ0n) is 16.7. The lowest BCUT2D eigenvalue weighted by molar-refractivity contribution is -0.129. The van der Waals surface area contributed by atoms with Gasteiger partial charge in [0.1, 0.15) is 5.88 Å². The number of alkyl halides is 1. The van der Waals surface area contributed by atoms with Gasteiger partial charge in [-0.05, 0) is 40.5 Å². The molecule has 27 heavy (non-hydrogen) atoms. The van der Waals surface area contributed by atoms with E-state index in [0.717, 1.165) is 24.8 Å². The van der Waals surface area contributed by atoms with Gasteiger partial charge < -0.3 is 19.1 Å². The highest BCUT2D eigenvalue weighted by molar-refractivity contribution is 6.61. The van der Waals surface area contributed by atoms with Crippen molar-refractivity contribution in [1.82, 2.24) is 14.9 Å². The summed E-state index contributed by atoms with van der Waals surface area (Å²) in [5.41, 5.74) is 0.00904. The number of aromatic nitrogens is 2. The molecule has 0 spiro atoms. The lowest BCUT2D eigenvalue weighted by atomic mass is 9.81. The Hall–Kier alpha value is -1.38. The molecular formula is C18H28BClN4O3. The predicted octanol–water partition coefficient (Wildman–Crippen LogP) is 1.44. The average Bonchev–Trinajstić information content (AvgIpc) is 2.88. The van der Waals surface area contributed by atoms with Crippen molar-refractivity contribution in [2.24, 2.45) is 0 Å². The van der Waals surface area contributed by atoms with Gasteiger partial charge in [0.05, 0.1) is 11.2 Å². The highest BCUT2D eigenvalue weighted by Gasteiger charge is 2.52. The quantitative estimate of drug-likeness (QED) is 0.569. The predicted molar refractivity (Wildman–Crippen MR) is 106 cm³/mol. The summed E-state index contributed by atoms with van der Waals surface area (Å²) < 4.78 is 12.1. The van der Waals surface area contributed by atoms with Gasteiger partial charge in [-0.2, -0.15) is 0 Å². The van der Waals surface area contributed by atoms with Crippen LogP contribution in [0.1, 0.15) is 40.5 Å². The molecule has 3 heterocycles. The fourth-order valence-corrected chi connectivity index (χ4v) is 3.53. The molecule has 1 amide bonds. The molecule has 1 aromatic heterocycles. The van der Waals surface area contributed by atoms with E-state index in [1.807, 2.05) is 44.5 Å². The first-order chi connectivity index (χ1) is 12.6. The summed E-state index contributed by atoms with van der Waals surface area (Å²) in [7, 11) is 1.49. The van der Waals surface area contributed by atoms with Crippen molar-refractivity contribution in [3.63, 3.8) is 0 Å². The Morgan fingerprint density at radius 2 is 1.89 bits per heavy atom. The standard InChI is InChI=1S/C18H28BClN4O3/c1-17(2)18(3,4)27-19(26-17)13-10-21-16(22-11-13)23(5)14-7-6-8-24(12-14)15(25)9-20/h10-11,14H,6-9,12H2,1-5H3/t14-/m0/s1. The zero-order chi connectivity index (χ0) is 19.8. The van der Waals surface area contributed by atoms with Crippen molar-refractivity contribution in [3.8, 4) is 0 Å². The lowest BCUT2D eigenvalue weighted by Crippen LogP contribution is -2.49. The molecule has 0 aliphatic carbocycles. The number of likely N-dealkylation sites (N-methyl/N-ethyl adjacent to an activating group) is 1. The minimum absolute atomic E-state index is 0.0215. The number of rotatable bonds is 4. The third-order valence-electron chi connectivity index (χ3n) is 5.91. The van der Waals surface area contributed by atoms with Gasteiger partial charge in [-0.1, -0.05) is 0 Å². The maximum Gasteiger partial charge on any atom is 0.498 e. The number of carbonyl (C=O) groups excluding carboxylic acids is 1. The summed E-state index contributed by atoms with van der Waals surface area (Å²) >= 11 is 5.70. The largest absolute Gasteiger partial charge is 0.498 e. The molecule has 0 saturated carbocycles. The van der Waals surface area contributed by atoms with Crippen LogP contribution in [-0.4, -0.2) is 71.2 Å². The summed E-state index contributed by atoms with van der Waals surface area (Å²) in [6.07, 6.45) is 5.45. The van der Waals surface area contributed by atoms with E-state index in [9.17, 15) is 4.79 Å². The maximum absolute atomic E-state index is 11.9. The Balaban J connectivity index is 1.68. The van der Waals surface area contributed by atoms with Crippen molar-refractivity contribution < 1.29 is 14.1 Å². The minimum Gasteiger partial charge on any atom is -0.399 e. The first-order valence-corrected chi connectivity index (χ1v) is 9.92. The molecule has 0 unspecified atom stereocenters. The molecule has 2 aliphatic rings. The molecule has 0 aromatic carbocycles. The number of hydrogen-bond acceptors (Lipinski definition) is 6. The third-order valence-corrected chi connectivity index (χ3v) is 6.14. The molecule has 2 fully saturated rings. The van der Waals surface area contributed by atoms with Crippen molar-refractivity contribution in [2.45, 2.75) is 57.8 Å². The van der Waals surface area contributed by atoms with E-state index in [2.05, 4.69) is 9.97 Å². The van der Waals surface area contributed by atoms with Crippen LogP contribution >= 0.6 is 11.6 Å². The highest BCUT2D eigenvalue weighted by Crippen LogP contribution is 2.36. The van der Waals surface area contributed by atoms with E-state index in [-0.39, 0.29) is 17.8 Å². The Labute approximate surface area is 166 Å². The zero-order valence-corrected chi connectivity index (χ0v) is 17.5. The van der Waals surface area contributed by atoms with E-state index in [1.54, 1.807) is 12.4 Å². The number of piperidine rings is 1. The molecular weight excluding hydrogens is 366 g/mol. The number of amides is 1. The normalized spacial score (nSPS) is 24.1. The number of halogens is 1. The molecule has 0 radical (unpaired) electrons. The van der Waals surface area contributed by atoms with Crippen LogP contribution in [0.15, 0.2) is 12.4 Å². The summed E-state index contributed by atoms with van der Waals surface area (Å²) in [6.45, 7) is 9.49. The Morgan fingerprint density at radius 3 is 2.44 bits per heavy atom. The van der Waals surface area contributed by atoms with E-state index < -0.39 is 18.3 Å². The van der Waals surface area contributed by atoms with Crippen LogP contribution in [0.5, 0.6) is 0 Å². The van der Waals surface area contributed by atoms with Crippen molar-refractivity contribution in [2.75, 3.05) is 30.9 Å². The van der Waals surface area contributed by atoms with Crippen LogP contribution in [0.25, 0.3) is 0 Å². The summed E-state index contributed by atoms with van der Waals surface area (Å²) in [6, 6.07) is 0.175. The molecule has 7 nitrogen and oxygen atoms in total. The third kappa shape index (κ3) is 4.07. The molecule has 2 aliphatic heterocycles. The summed E-state index contributed by atoms with van der Waals surface area (Å²) in [5, 5.41) is 0. The Kier molecular flexibility index (Phi) is 5.70. The number of nitrogens with zero attached hydrogens (tertiary/aromatic N) is 4. The summed E-state index contributed by atoms with van der Waals surface area (Å²) in [5.74, 6) is 0.627. The van der Waals surface area contributed by atoms with E-state index in [0.29, 0.717) is 12.5 Å². The van der Waals surface area contributed by atoms with Crippen molar-refractivity contribution in [3.05, 3.63) is 12.4 Å². The van der Waals surface area contributed by atoms with Crippen LogP contribution < -0.4 is 10.4 Å². The topological polar surface area (TPSA) is 67.8 Å². The van der Waals surface area contributed by atoms with Crippen molar-refractivity contribution in [1.29, 1.82) is 0 Å². The van der Waals surface area contributed by atoms with Gasteiger partial charge in [-0.3, -0.25) is 4.79 Å². The number of anilines is 1. The molecule has 1 aromatic rings. The van der Waals surface area contributed by atoms with Crippen LogP contribution in [0, 0.1) is 0 Å². The fraction of sp³-hybridized carbons (Fsp3) is 0.722. The molecule has 2 saturated heterocycles. The molecule has 3 rings (SSSR count). The highest BCUT2D eigenvalue weighted by atomic mass is 35.5. The van der Waals surface area contributed by atoms with Crippen molar-refractivity contribution >= 4 is 36.0 Å². The van der Waals surface area contributed by atoms with Gasteiger partial charge in [-0.25, -0.2) is 9.97 Å². The summed E-state index contributed by atoms with van der Waals surface area (Å²) in [4.78, 5) is 24.7. The smallest absolute Gasteiger partial charge is 0.399 e. The van der Waals surface area contributed by atoms with Gasteiger partial charge in [0, 0.05) is 44.0 Å². The van der Waals surface area contributed by atoms with E-state index >= 15 is 0 Å². The number of carbonyl (C=O) groups is 1. The molecule has 0 bridgehead atoms. The molecule has 148 valence electrons. The Bertz CT molecular complexity index is 670. The maximum atomic E-state index is 11.9. The molecule has 9 heteroatoms. The monoisotopic (exact) mass is 394 g/mol. The number of hydrogen-bond donors (Lipinski definition) is 0. The van der Waals surface area contributed by atoms with Gasteiger partial charge in [-0.15, -0.1) is 11.6 Å². The Morgan fingerprint density at radius 1 is 1.30 bits per heavy atom. The second-order valence-corrected chi connectivity index (χ2v) is 8.55. The minimum atomic E-state index is -0.471. The fourth-order valence-electron chi connectivity index (χ4n) is 3.36. The van der Waals surface area contributed by atoms with E-state index in [4.69, 9.17) is 20.9 Å². The van der Waals surface area contributed by atoms with Gasteiger partial charge in [0.15, 0.2) is 0 Å². The second kappa shape index (κ2) is 7.56. The average molecular weight is 395 g/mol.